The molecule has 11 heteroatoms. The van der Waals surface area contributed by atoms with Gasteiger partial charge in [-0.25, -0.2) is 14.0 Å². The van der Waals surface area contributed by atoms with Gasteiger partial charge in [0.1, 0.15) is 10.4 Å². The molecule has 178 valence electrons. The van der Waals surface area contributed by atoms with Crippen molar-refractivity contribution in [1.29, 1.82) is 0 Å². The fraction of sp³-hybridized carbons (Fsp3) is 0.217. The SMILES string of the molecule is C=S(=O)(Nc1cc(C)nc2sc(-c3cnn(C(=O)OC(C)(C)C)c3)c(Br)c12)c1cccc(Cl)c1. The monoisotopic (exact) mass is 580 g/mol. The maximum Gasteiger partial charge on any atom is 0.435 e. The molecule has 4 aromatic rings. The number of ether oxygens (including phenoxy) is 1. The number of anilines is 1. The lowest BCUT2D eigenvalue weighted by molar-refractivity contribution is 0.0514. The second-order valence-corrected chi connectivity index (χ2v) is 12.9. The third kappa shape index (κ3) is 5.14. The largest absolute Gasteiger partial charge is 0.442 e. The number of halogens is 2. The van der Waals surface area contributed by atoms with Crippen LogP contribution in [0.4, 0.5) is 10.5 Å². The van der Waals surface area contributed by atoms with Gasteiger partial charge in [0.25, 0.3) is 0 Å². The van der Waals surface area contributed by atoms with E-state index in [1.165, 1.54) is 11.3 Å². The summed E-state index contributed by atoms with van der Waals surface area (Å²) < 4.78 is 23.9. The zero-order chi connectivity index (χ0) is 24.8. The number of fused-ring (bicyclic) bond motifs is 1. The summed E-state index contributed by atoms with van der Waals surface area (Å²) in [5.74, 6) is 3.92. The highest BCUT2D eigenvalue weighted by atomic mass is 79.9. The Balaban J connectivity index is 1.75. The molecule has 0 aliphatic carbocycles. The summed E-state index contributed by atoms with van der Waals surface area (Å²) in [5, 5.41) is 5.40. The number of carbonyl (C=O) groups excluding carboxylic acids is 1. The van der Waals surface area contributed by atoms with Crippen LogP contribution in [-0.4, -0.2) is 36.5 Å². The predicted molar refractivity (Wildman–Crippen MR) is 144 cm³/mol. The van der Waals surface area contributed by atoms with Gasteiger partial charge in [0.05, 0.1) is 36.8 Å². The number of aryl methyl sites for hydroxylation is 1. The average molecular weight is 582 g/mol. The molecule has 7 nitrogen and oxygen atoms in total. The Bertz CT molecular complexity index is 1520. The number of benzene rings is 1. The standard InChI is InChI=1S/C23H22BrClN4O3S2/c1-13-9-17(28-34(5,31)16-8-6-7-15(25)10-16)18-19(24)20(33-21(18)27-13)14-11-26-29(12-14)22(30)32-23(2,3)4/h6-12H,5H2,1-4H3,(H,27,28,31). The molecule has 0 aliphatic rings. The van der Waals surface area contributed by atoms with Crippen LogP contribution in [-0.2, 0) is 14.4 Å². The predicted octanol–water partition coefficient (Wildman–Crippen LogP) is 6.77. The van der Waals surface area contributed by atoms with Gasteiger partial charge in [0.2, 0.25) is 0 Å². The smallest absolute Gasteiger partial charge is 0.435 e. The van der Waals surface area contributed by atoms with E-state index in [2.05, 4.69) is 36.6 Å². The van der Waals surface area contributed by atoms with Crippen LogP contribution in [0.2, 0.25) is 5.02 Å². The van der Waals surface area contributed by atoms with Crippen molar-refractivity contribution in [3.63, 3.8) is 0 Å². The molecule has 0 saturated carbocycles. The summed E-state index contributed by atoms with van der Waals surface area (Å²) in [6.45, 7) is 7.25. The topological polar surface area (TPSA) is 86.1 Å². The molecule has 1 aromatic carbocycles. The van der Waals surface area contributed by atoms with Crippen LogP contribution < -0.4 is 4.72 Å². The molecule has 0 radical (unpaired) electrons. The van der Waals surface area contributed by atoms with Crippen molar-refractivity contribution < 1.29 is 13.7 Å². The van der Waals surface area contributed by atoms with Gasteiger partial charge in [-0.3, -0.25) is 0 Å². The first-order chi connectivity index (χ1) is 15.8. The number of hydrogen-bond donors (Lipinski definition) is 1. The summed E-state index contributed by atoms with van der Waals surface area (Å²) in [6, 6.07) is 8.63. The first kappa shape index (κ1) is 24.7. The first-order valence-corrected chi connectivity index (χ1v) is 13.8. The van der Waals surface area contributed by atoms with Gasteiger partial charge in [-0.05, 0) is 73.8 Å². The molecule has 3 aromatic heterocycles. The third-order valence-corrected chi connectivity index (χ3v) is 8.60. The highest BCUT2D eigenvalue weighted by molar-refractivity contribution is 9.10. The van der Waals surface area contributed by atoms with Crippen LogP contribution in [0.1, 0.15) is 26.5 Å². The van der Waals surface area contributed by atoms with Gasteiger partial charge >= 0.3 is 6.09 Å². The number of nitrogens with zero attached hydrogens (tertiary/aromatic N) is 3. The minimum absolute atomic E-state index is 0.479. The van der Waals surface area contributed by atoms with Crippen molar-refractivity contribution in [2.24, 2.45) is 0 Å². The maximum absolute atomic E-state index is 13.5. The summed E-state index contributed by atoms with van der Waals surface area (Å²) in [6.07, 6.45) is 2.64. The van der Waals surface area contributed by atoms with E-state index in [0.717, 1.165) is 35.5 Å². The van der Waals surface area contributed by atoms with Gasteiger partial charge < -0.3 is 9.46 Å². The van der Waals surface area contributed by atoms with Crippen molar-refractivity contribution in [1.82, 2.24) is 14.8 Å². The van der Waals surface area contributed by atoms with Gasteiger partial charge in [-0.15, -0.1) is 11.3 Å². The second kappa shape index (κ2) is 8.99. The number of carbonyl (C=O) groups is 1. The van der Waals surface area contributed by atoms with Crippen LogP contribution in [0.3, 0.4) is 0 Å². The number of thiophene rings is 1. The Morgan fingerprint density at radius 3 is 2.74 bits per heavy atom. The van der Waals surface area contributed by atoms with Crippen molar-refractivity contribution in [2.45, 2.75) is 38.2 Å². The molecule has 0 aliphatic heterocycles. The fourth-order valence-electron chi connectivity index (χ4n) is 3.21. The maximum atomic E-state index is 13.5. The molecule has 0 fully saturated rings. The third-order valence-electron chi connectivity index (χ3n) is 4.61. The van der Waals surface area contributed by atoms with Crippen LogP contribution in [0, 0.1) is 6.92 Å². The normalized spacial score (nSPS) is 13.6. The number of rotatable bonds is 4. The Morgan fingerprint density at radius 2 is 2.06 bits per heavy atom. The number of aromatic nitrogens is 3. The molecule has 3 heterocycles. The van der Waals surface area contributed by atoms with Gasteiger partial charge in [-0.2, -0.15) is 9.78 Å². The van der Waals surface area contributed by atoms with Crippen molar-refractivity contribution in [3.05, 3.63) is 57.9 Å². The lowest BCUT2D eigenvalue weighted by Crippen LogP contribution is -2.27. The Morgan fingerprint density at radius 1 is 1.32 bits per heavy atom. The van der Waals surface area contributed by atoms with E-state index < -0.39 is 21.4 Å². The van der Waals surface area contributed by atoms with Crippen LogP contribution in [0.5, 0.6) is 0 Å². The van der Waals surface area contributed by atoms with Crippen molar-refractivity contribution in [3.8, 4) is 10.4 Å². The molecule has 0 saturated heterocycles. The minimum Gasteiger partial charge on any atom is -0.442 e. The van der Waals surface area contributed by atoms with Crippen LogP contribution in [0.15, 0.2) is 52.1 Å². The van der Waals surface area contributed by atoms with E-state index in [4.69, 9.17) is 16.3 Å². The Hall–Kier alpha value is -2.40. The fourth-order valence-corrected chi connectivity index (χ4v) is 6.83. The van der Waals surface area contributed by atoms with Crippen LogP contribution in [0.25, 0.3) is 20.7 Å². The molecule has 4 rings (SSSR count). The molecule has 1 atom stereocenters. The second-order valence-electron chi connectivity index (χ2n) is 8.63. The lowest BCUT2D eigenvalue weighted by atomic mass is 10.2. The molecular weight excluding hydrogens is 560 g/mol. The summed E-state index contributed by atoms with van der Waals surface area (Å²) in [4.78, 5) is 19.1. The quantitative estimate of drug-likeness (QED) is 0.269. The van der Waals surface area contributed by atoms with E-state index in [9.17, 15) is 9.00 Å². The van der Waals surface area contributed by atoms with Gasteiger partial charge in [0.15, 0.2) is 0 Å². The zero-order valence-electron chi connectivity index (χ0n) is 18.9. The van der Waals surface area contributed by atoms with Crippen molar-refractivity contribution >= 4 is 76.4 Å². The molecule has 0 amide bonds. The summed E-state index contributed by atoms with van der Waals surface area (Å²) in [5.41, 5.74) is 1.46. The summed E-state index contributed by atoms with van der Waals surface area (Å²) in [7, 11) is -2.90. The van der Waals surface area contributed by atoms with E-state index in [1.54, 1.807) is 57.4 Å². The van der Waals surface area contributed by atoms with Gasteiger partial charge in [0, 0.05) is 26.9 Å². The first-order valence-electron chi connectivity index (χ1n) is 10.1. The Kier molecular flexibility index (Phi) is 6.54. The van der Waals surface area contributed by atoms with E-state index in [1.807, 2.05) is 13.0 Å². The average Bonchev–Trinajstić information content (AvgIpc) is 3.31. The molecule has 1 N–H and O–H groups in total. The number of nitrogens with one attached hydrogen (secondary N) is 1. The minimum atomic E-state index is -2.90. The number of pyridine rings is 1. The molecule has 0 spiro atoms. The Labute approximate surface area is 215 Å². The zero-order valence-corrected chi connectivity index (χ0v) is 22.9. The molecular formula is C23H22BrClN4O3S2. The number of hydrogen-bond acceptors (Lipinski definition) is 6. The highest BCUT2D eigenvalue weighted by Crippen LogP contribution is 2.45. The molecule has 0 bridgehead atoms. The summed E-state index contributed by atoms with van der Waals surface area (Å²) >= 11 is 11.2. The van der Waals surface area contributed by atoms with E-state index in [-0.39, 0.29) is 0 Å². The lowest BCUT2D eigenvalue weighted by Gasteiger charge is -2.18. The highest BCUT2D eigenvalue weighted by Gasteiger charge is 2.22. The van der Waals surface area contributed by atoms with Crippen LogP contribution >= 0.6 is 38.9 Å². The molecule has 34 heavy (non-hydrogen) atoms. The van der Waals surface area contributed by atoms with Gasteiger partial charge in [-0.1, -0.05) is 17.7 Å². The van der Waals surface area contributed by atoms with E-state index in [0.29, 0.717) is 15.6 Å². The van der Waals surface area contributed by atoms with E-state index >= 15 is 0 Å². The molecule has 1 unspecified atom stereocenters. The van der Waals surface area contributed by atoms with Crippen molar-refractivity contribution in [2.75, 3.05) is 4.72 Å².